The smallest absolute Gasteiger partial charge is 0.243 e. The number of hydrogen-bond donors (Lipinski definition) is 2. The van der Waals surface area contributed by atoms with E-state index >= 15 is 0 Å². The maximum atomic E-state index is 12.8. The van der Waals surface area contributed by atoms with E-state index in [0.717, 1.165) is 12.8 Å². The van der Waals surface area contributed by atoms with Crippen LogP contribution in [0, 0.1) is 23.7 Å². The second kappa shape index (κ2) is 9.21. The van der Waals surface area contributed by atoms with Gasteiger partial charge in [0.2, 0.25) is 17.7 Å². The fraction of sp³-hybridized carbons (Fsp3) is 0.545. The predicted octanol–water partition coefficient (Wildman–Crippen LogP) is 0.721. The lowest BCUT2D eigenvalue weighted by Gasteiger charge is -2.19. The van der Waals surface area contributed by atoms with Crippen LogP contribution in [0.1, 0.15) is 11.3 Å². The van der Waals surface area contributed by atoms with E-state index in [1.807, 2.05) is 11.4 Å². The summed E-state index contributed by atoms with van der Waals surface area (Å²) in [7, 11) is 3.39. The van der Waals surface area contributed by atoms with Gasteiger partial charge in [0.05, 0.1) is 11.8 Å². The van der Waals surface area contributed by atoms with Crippen LogP contribution in [0.2, 0.25) is 0 Å². The van der Waals surface area contributed by atoms with E-state index in [9.17, 15) is 14.4 Å². The van der Waals surface area contributed by atoms with Crippen LogP contribution in [-0.4, -0.2) is 73.8 Å². The lowest BCUT2D eigenvalue weighted by Crippen LogP contribution is -2.44. The number of imide groups is 1. The van der Waals surface area contributed by atoms with Gasteiger partial charge in [-0.1, -0.05) is 18.2 Å². The minimum Gasteiger partial charge on any atom is -0.356 e. The van der Waals surface area contributed by atoms with Gasteiger partial charge in [0, 0.05) is 38.6 Å². The molecule has 3 amide bonds. The number of likely N-dealkylation sites (N-methyl/N-ethyl adjacent to an activating group) is 1. The Balaban J connectivity index is 1.31. The molecule has 2 bridgehead atoms. The predicted molar refractivity (Wildman–Crippen MR) is 119 cm³/mol. The number of guanidine groups is 1. The number of amides is 3. The Morgan fingerprint density at radius 2 is 1.84 bits per heavy atom. The number of thiophene rings is 1. The van der Waals surface area contributed by atoms with Gasteiger partial charge in [0.1, 0.15) is 6.54 Å². The number of aliphatic imine (C=N–C) groups is 1. The summed E-state index contributed by atoms with van der Waals surface area (Å²) in [5.41, 5.74) is 0. The number of likely N-dealkylation sites (tertiary alicyclic amines) is 1. The molecule has 1 saturated carbocycles. The van der Waals surface area contributed by atoms with E-state index in [1.165, 1.54) is 14.7 Å². The zero-order chi connectivity index (χ0) is 22.0. The highest BCUT2D eigenvalue weighted by molar-refractivity contribution is 7.09. The summed E-state index contributed by atoms with van der Waals surface area (Å²) >= 11 is 1.70. The van der Waals surface area contributed by atoms with Crippen LogP contribution < -0.4 is 10.6 Å². The summed E-state index contributed by atoms with van der Waals surface area (Å²) in [5.74, 6) is 0.429. The molecule has 2 aliphatic carbocycles. The Kier molecular flexibility index (Phi) is 6.41. The molecule has 4 atom stereocenters. The van der Waals surface area contributed by atoms with Crippen molar-refractivity contribution in [2.24, 2.45) is 28.7 Å². The number of carbonyl (C=O) groups is 3. The first kappa shape index (κ1) is 21.5. The molecule has 166 valence electrons. The van der Waals surface area contributed by atoms with Crippen molar-refractivity contribution in [3.63, 3.8) is 0 Å². The quantitative estimate of drug-likeness (QED) is 0.267. The Morgan fingerprint density at radius 1 is 1.16 bits per heavy atom. The highest BCUT2D eigenvalue weighted by Crippen LogP contribution is 2.52. The summed E-state index contributed by atoms with van der Waals surface area (Å²) in [6.07, 6.45) is 5.98. The van der Waals surface area contributed by atoms with Crippen molar-refractivity contribution in [2.45, 2.75) is 12.8 Å². The first-order chi connectivity index (χ1) is 15.0. The van der Waals surface area contributed by atoms with E-state index in [1.54, 1.807) is 25.4 Å². The molecule has 1 aliphatic heterocycles. The summed E-state index contributed by atoms with van der Waals surface area (Å²) in [6, 6.07) is 4.10. The van der Waals surface area contributed by atoms with E-state index in [2.05, 4.69) is 33.8 Å². The lowest BCUT2D eigenvalue weighted by molar-refractivity contribution is -0.140. The minimum atomic E-state index is -0.169. The average Bonchev–Trinajstić information content (AvgIpc) is 3.53. The van der Waals surface area contributed by atoms with Gasteiger partial charge in [-0.05, 0) is 36.1 Å². The normalized spacial score (nSPS) is 26.5. The molecule has 1 aromatic rings. The summed E-state index contributed by atoms with van der Waals surface area (Å²) < 4.78 is 0. The van der Waals surface area contributed by atoms with E-state index in [4.69, 9.17) is 0 Å². The summed E-state index contributed by atoms with van der Waals surface area (Å²) in [6.45, 7) is 1.39. The molecule has 8 nitrogen and oxygen atoms in total. The van der Waals surface area contributed by atoms with Crippen molar-refractivity contribution in [2.75, 3.05) is 40.3 Å². The molecule has 1 aromatic heterocycles. The van der Waals surface area contributed by atoms with Crippen molar-refractivity contribution < 1.29 is 14.4 Å². The van der Waals surface area contributed by atoms with Gasteiger partial charge in [-0.25, -0.2) is 4.99 Å². The number of fused-ring (bicyclic) bond motifs is 5. The SMILES string of the molecule is CN(C)C(=O)CN=C(NCCc1cccs1)NCCN1C(=O)C2C3C=CC(C3)C2C1=O. The van der Waals surface area contributed by atoms with Gasteiger partial charge >= 0.3 is 0 Å². The maximum absolute atomic E-state index is 12.8. The molecule has 0 radical (unpaired) electrons. The third kappa shape index (κ3) is 4.51. The Morgan fingerprint density at radius 3 is 2.45 bits per heavy atom. The van der Waals surface area contributed by atoms with Gasteiger partial charge in [-0.15, -0.1) is 11.3 Å². The largest absolute Gasteiger partial charge is 0.356 e. The van der Waals surface area contributed by atoms with E-state index < -0.39 is 0 Å². The second-order valence-corrected chi connectivity index (χ2v) is 9.50. The Bertz CT molecular complexity index is 865. The molecule has 2 heterocycles. The number of allylic oxidation sites excluding steroid dienone is 2. The van der Waals surface area contributed by atoms with E-state index in [0.29, 0.717) is 25.6 Å². The number of carbonyl (C=O) groups excluding carboxylic acids is 3. The Labute approximate surface area is 186 Å². The summed E-state index contributed by atoms with van der Waals surface area (Å²) in [4.78, 5) is 46.1. The second-order valence-electron chi connectivity index (χ2n) is 8.46. The van der Waals surface area contributed by atoms with Crippen LogP contribution in [0.15, 0.2) is 34.7 Å². The average molecular weight is 444 g/mol. The number of hydrogen-bond acceptors (Lipinski definition) is 5. The molecule has 0 spiro atoms. The molecule has 31 heavy (non-hydrogen) atoms. The third-order valence-electron chi connectivity index (χ3n) is 6.30. The van der Waals surface area contributed by atoms with Gasteiger partial charge in [0.15, 0.2) is 5.96 Å². The van der Waals surface area contributed by atoms with Crippen molar-refractivity contribution in [1.29, 1.82) is 0 Å². The number of nitrogens with zero attached hydrogens (tertiary/aromatic N) is 3. The van der Waals surface area contributed by atoms with Crippen LogP contribution >= 0.6 is 11.3 Å². The topological polar surface area (TPSA) is 94.1 Å². The summed E-state index contributed by atoms with van der Waals surface area (Å²) in [5, 5.41) is 8.46. The van der Waals surface area contributed by atoms with Gasteiger partial charge in [-0.3, -0.25) is 19.3 Å². The van der Waals surface area contributed by atoms with Crippen LogP contribution in [0.4, 0.5) is 0 Å². The molecule has 0 aromatic carbocycles. The molecular weight excluding hydrogens is 414 g/mol. The molecule has 2 fully saturated rings. The minimum absolute atomic E-state index is 0.0298. The highest BCUT2D eigenvalue weighted by Gasteiger charge is 2.58. The van der Waals surface area contributed by atoms with Crippen molar-refractivity contribution in [3.8, 4) is 0 Å². The monoisotopic (exact) mass is 443 g/mol. The molecule has 1 saturated heterocycles. The first-order valence-corrected chi connectivity index (χ1v) is 11.6. The van der Waals surface area contributed by atoms with Gasteiger partial charge in [0.25, 0.3) is 0 Å². The first-order valence-electron chi connectivity index (χ1n) is 10.7. The fourth-order valence-electron chi connectivity index (χ4n) is 4.69. The molecule has 9 heteroatoms. The highest BCUT2D eigenvalue weighted by atomic mass is 32.1. The van der Waals surface area contributed by atoms with E-state index in [-0.39, 0.29) is 47.9 Å². The molecule has 4 rings (SSSR count). The van der Waals surface area contributed by atoms with Crippen molar-refractivity contribution in [1.82, 2.24) is 20.4 Å². The zero-order valence-corrected chi connectivity index (χ0v) is 18.7. The van der Waals surface area contributed by atoms with Crippen LogP contribution in [0.25, 0.3) is 0 Å². The van der Waals surface area contributed by atoms with Crippen LogP contribution in [0.3, 0.4) is 0 Å². The van der Waals surface area contributed by atoms with Crippen molar-refractivity contribution >= 4 is 35.0 Å². The van der Waals surface area contributed by atoms with Crippen LogP contribution in [0.5, 0.6) is 0 Å². The molecule has 4 unspecified atom stereocenters. The van der Waals surface area contributed by atoms with Gasteiger partial charge < -0.3 is 15.5 Å². The maximum Gasteiger partial charge on any atom is 0.243 e. The van der Waals surface area contributed by atoms with Gasteiger partial charge in [-0.2, -0.15) is 0 Å². The fourth-order valence-corrected chi connectivity index (χ4v) is 5.40. The zero-order valence-electron chi connectivity index (χ0n) is 17.9. The molecule has 3 aliphatic rings. The lowest BCUT2D eigenvalue weighted by atomic mass is 9.85. The number of rotatable bonds is 8. The molecular formula is C22H29N5O3S. The molecule has 2 N–H and O–H groups in total. The third-order valence-corrected chi connectivity index (χ3v) is 7.24. The van der Waals surface area contributed by atoms with Crippen molar-refractivity contribution in [3.05, 3.63) is 34.5 Å². The Hall–Kier alpha value is -2.68. The number of nitrogens with one attached hydrogen (secondary N) is 2. The van der Waals surface area contributed by atoms with Crippen LogP contribution in [-0.2, 0) is 20.8 Å². The standard InChI is InChI=1S/C22H29N5O3S/c1-26(2)17(28)13-25-22(23-8-7-16-4-3-11-31-16)24-9-10-27-20(29)18-14-5-6-15(12-14)19(18)21(27)30/h3-6,11,14-15,18-19H,7-10,12-13H2,1-2H3,(H2,23,24,25).